The predicted octanol–water partition coefficient (Wildman–Crippen LogP) is 3.70. The summed E-state index contributed by atoms with van der Waals surface area (Å²) in [5.41, 5.74) is 0.608. The molecule has 0 unspecified atom stereocenters. The number of carbonyl (C=O) groups excluding carboxylic acids is 1. The number of benzene rings is 1. The number of hydrogen-bond donors (Lipinski definition) is 3. The topological polar surface area (TPSA) is 139 Å². The zero-order valence-corrected chi connectivity index (χ0v) is 23.0. The predicted molar refractivity (Wildman–Crippen MR) is 145 cm³/mol. The van der Waals surface area contributed by atoms with E-state index in [2.05, 4.69) is 35.2 Å². The molecule has 37 heavy (non-hydrogen) atoms. The third-order valence-electron chi connectivity index (χ3n) is 4.76. The van der Waals surface area contributed by atoms with E-state index in [0.29, 0.717) is 18.1 Å². The fourth-order valence-corrected chi connectivity index (χ4v) is 3.80. The number of allylic oxidation sites excluding steroid dienone is 1. The van der Waals surface area contributed by atoms with Crippen LogP contribution in [0.15, 0.2) is 34.4 Å². The van der Waals surface area contributed by atoms with Crippen LogP contribution in [-0.2, 0) is 14.8 Å². The molecule has 0 fully saturated rings. The molecule has 0 aliphatic heterocycles. The average molecular weight is 556 g/mol. The van der Waals surface area contributed by atoms with Crippen LogP contribution >= 0.6 is 11.6 Å². The van der Waals surface area contributed by atoms with E-state index >= 15 is 4.39 Å². The Morgan fingerprint density at radius 2 is 2.03 bits per heavy atom. The summed E-state index contributed by atoms with van der Waals surface area (Å²) < 4.78 is 47.0. The number of anilines is 1. The van der Waals surface area contributed by atoms with E-state index in [1.54, 1.807) is 37.0 Å². The Balaban J connectivity index is 2.30. The Bertz CT molecular complexity index is 1310. The first-order valence-corrected chi connectivity index (χ1v) is 13.4. The fraction of sp³-hybridized carbons (Fsp3) is 0.391. The number of nitrogens with one attached hydrogen (secondary N) is 3. The van der Waals surface area contributed by atoms with E-state index < -0.39 is 21.9 Å². The zero-order chi connectivity index (χ0) is 27.8. The van der Waals surface area contributed by atoms with Crippen molar-refractivity contribution in [2.24, 2.45) is 9.98 Å². The Morgan fingerprint density at radius 1 is 1.32 bits per heavy atom. The van der Waals surface area contributed by atoms with Crippen LogP contribution in [0.2, 0.25) is 5.02 Å². The minimum absolute atomic E-state index is 0.0194. The average Bonchev–Trinajstić information content (AvgIpc) is 3.24. The molecule has 1 heterocycles. The van der Waals surface area contributed by atoms with Crippen LogP contribution in [0.5, 0.6) is 0 Å². The Morgan fingerprint density at radius 3 is 2.62 bits per heavy atom. The van der Waals surface area contributed by atoms with Crippen molar-refractivity contribution in [3.63, 3.8) is 0 Å². The van der Waals surface area contributed by atoms with Gasteiger partial charge in [-0.15, -0.1) is 0 Å². The van der Waals surface area contributed by atoms with Gasteiger partial charge in [0.2, 0.25) is 16.0 Å². The molecule has 202 valence electrons. The van der Waals surface area contributed by atoms with Crippen LogP contribution in [0.25, 0.3) is 17.3 Å². The smallest absolute Gasteiger partial charge is 0.407 e. The molecule has 0 radical (unpaired) electrons. The third kappa shape index (κ3) is 9.17. The van der Waals surface area contributed by atoms with Crippen molar-refractivity contribution in [3.8, 4) is 11.3 Å². The second-order valence-electron chi connectivity index (χ2n) is 8.30. The van der Waals surface area contributed by atoms with Gasteiger partial charge in [-0.25, -0.2) is 22.6 Å². The highest BCUT2D eigenvalue weighted by molar-refractivity contribution is 7.92. The molecule has 1 atom stereocenters. The van der Waals surface area contributed by atoms with Gasteiger partial charge in [-0.2, -0.15) is 5.10 Å². The minimum Gasteiger partial charge on any atom is -0.453 e. The molecule has 0 aliphatic carbocycles. The standard InChI is InChI=1S/C23H31ClFN7O4S/c1-14(2)32-13-16(8-7-9-27-22(26-4)28-12-15(3)29-23(33)36-5)21(30-32)18-10-17(24)11-19(20(18)25)31-37(6,34)35/h7-11,13-15,31H,12H2,1-6H3,(H,26,28)(H,29,33)/b8-7+,27-9-/t15-/m0/s1. The van der Waals surface area contributed by atoms with Gasteiger partial charge in [-0.3, -0.25) is 14.4 Å². The second-order valence-corrected chi connectivity index (χ2v) is 10.5. The monoisotopic (exact) mass is 555 g/mol. The number of rotatable bonds is 9. The maximum atomic E-state index is 15.3. The molecule has 0 saturated heterocycles. The van der Waals surface area contributed by atoms with Crippen molar-refractivity contribution in [2.45, 2.75) is 32.9 Å². The number of hydrogen-bond acceptors (Lipinski definition) is 6. The molecule has 0 spiro atoms. The van der Waals surface area contributed by atoms with Crippen molar-refractivity contribution >= 4 is 51.7 Å². The lowest BCUT2D eigenvalue weighted by Gasteiger charge is -2.13. The van der Waals surface area contributed by atoms with E-state index in [1.807, 2.05) is 13.8 Å². The number of carbonyl (C=O) groups is 1. The number of ether oxygens (including phenoxy) is 1. The van der Waals surface area contributed by atoms with Crippen LogP contribution in [0.1, 0.15) is 32.4 Å². The molecule has 2 rings (SSSR count). The number of guanidine groups is 1. The van der Waals surface area contributed by atoms with Crippen molar-refractivity contribution in [1.82, 2.24) is 20.4 Å². The number of halogens is 2. The Kier molecular flexibility index (Phi) is 10.6. The lowest BCUT2D eigenvalue weighted by atomic mass is 10.1. The van der Waals surface area contributed by atoms with Crippen LogP contribution in [0.4, 0.5) is 14.9 Å². The van der Waals surface area contributed by atoms with Crippen LogP contribution in [-0.4, -0.2) is 69.5 Å². The molecule has 0 aliphatic rings. The first kappa shape index (κ1) is 29.8. The highest BCUT2D eigenvalue weighted by Gasteiger charge is 2.20. The molecule has 0 saturated carbocycles. The largest absolute Gasteiger partial charge is 0.453 e. The summed E-state index contributed by atoms with van der Waals surface area (Å²) in [7, 11) is -0.878. The number of nitrogens with zero attached hydrogens (tertiary/aromatic N) is 4. The van der Waals surface area contributed by atoms with Crippen LogP contribution < -0.4 is 15.4 Å². The minimum atomic E-state index is -3.73. The molecular formula is C23H31ClFN7O4S. The Hall–Kier alpha value is -3.45. The maximum absolute atomic E-state index is 15.3. The molecule has 14 heteroatoms. The Labute approximate surface area is 220 Å². The normalized spacial score (nSPS) is 13.4. The first-order chi connectivity index (χ1) is 17.3. The fourth-order valence-electron chi connectivity index (χ4n) is 3.04. The van der Waals surface area contributed by atoms with E-state index in [4.69, 9.17) is 11.6 Å². The van der Waals surface area contributed by atoms with E-state index in [0.717, 1.165) is 6.26 Å². The molecule has 2 aromatic rings. The highest BCUT2D eigenvalue weighted by atomic mass is 35.5. The van der Waals surface area contributed by atoms with Crippen molar-refractivity contribution in [2.75, 3.05) is 31.7 Å². The SMILES string of the molecule is CN=C(/N=C\C=C\c1cn(C(C)C)nc1-c1cc(Cl)cc(NS(C)(=O)=O)c1F)NC[C@H](C)NC(=O)OC. The van der Waals surface area contributed by atoms with Gasteiger partial charge in [-0.1, -0.05) is 11.6 Å². The first-order valence-electron chi connectivity index (χ1n) is 11.2. The van der Waals surface area contributed by atoms with E-state index in [9.17, 15) is 13.2 Å². The number of aliphatic imine (C=N–C) groups is 2. The van der Waals surface area contributed by atoms with Crippen molar-refractivity contribution in [1.29, 1.82) is 0 Å². The molecule has 1 aromatic carbocycles. The van der Waals surface area contributed by atoms with Gasteiger partial charge in [0.25, 0.3) is 0 Å². The van der Waals surface area contributed by atoms with Gasteiger partial charge >= 0.3 is 6.09 Å². The van der Waals surface area contributed by atoms with Crippen molar-refractivity contribution in [3.05, 3.63) is 40.8 Å². The number of sulfonamides is 1. The summed E-state index contributed by atoms with van der Waals surface area (Å²) in [4.78, 5) is 19.6. The van der Waals surface area contributed by atoms with Gasteiger partial charge in [0.1, 0.15) is 5.69 Å². The second kappa shape index (κ2) is 13.2. The van der Waals surface area contributed by atoms with Crippen LogP contribution in [0, 0.1) is 5.82 Å². The van der Waals surface area contributed by atoms with Crippen molar-refractivity contribution < 1.29 is 22.3 Å². The summed E-state index contributed by atoms with van der Waals surface area (Å²) in [6.45, 7) is 6.00. The lowest BCUT2D eigenvalue weighted by molar-refractivity contribution is 0.167. The van der Waals surface area contributed by atoms with Gasteiger partial charge in [-0.05, 0) is 45.1 Å². The molecule has 11 nitrogen and oxygen atoms in total. The van der Waals surface area contributed by atoms with E-state index in [1.165, 1.54) is 25.5 Å². The molecule has 3 N–H and O–H groups in total. The maximum Gasteiger partial charge on any atom is 0.407 e. The van der Waals surface area contributed by atoms with Gasteiger partial charge in [0, 0.05) is 54.2 Å². The summed E-state index contributed by atoms with van der Waals surface area (Å²) in [6, 6.07) is 2.34. The number of aromatic nitrogens is 2. The number of alkyl carbamates (subject to hydrolysis) is 1. The molecule has 1 aromatic heterocycles. The summed E-state index contributed by atoms with van der Waals surface area (Å²) >= 11 is 6.16. The molecule has 0 bridgehead atoms. The van der Waals surface area contributed by atoms with Gasteiger partial charge in [0.05, 0.1) is 19.1 Å². The molecule has 1 amide bonds. The van der Waals surface area contributed by atoms with E-state index in [-0.39, 0.29) is 34.1 Å². The lowest BCUT2D eigenvalue weighted by Crippen LogP contribution is -2.41. The third-order valence-corrected chi connectivity index (χ3v) is 5.57. The number of amides is 1. The highest BCUT2D eigenvalue weighted by Crippen LogP contribution is 2.34. The zero-order valence-electron chi connectivity index (χ0n) is 21.4. The van der Waals surface area contributed by atoms with Crippen LogP contribution in [0.3, 0.4) is 0 Å². The number of methoxy groups -OCH3 is 1. The summed E-state index contributed by atoms with van der Waals surface area (Å²) in [6.07, 6.45) is 6.93. The summed E-state index contributed by atoms with van der Waals surface area (Å²) in [5.74, 6) is -0.468. The summed E-state index contributed by atoms with van der Waals surface area (Å²) in [5, 5.41) is 10.3. The molecular weight excluding hydrogens is 525 g/mol. The van der Waals surface area contributed by atoms with Gasteiger partial charge in [0.15, 0.2) is 5.82 Å². The quantitative estimate of drug-likeness (QED) is 0.318. The van der Waals surface area contributed by atoms with Gasteiger partial charge < -0.3 is 15.4 Å².